The van der Waals surface area contributed by atoms with E-state index in [0.29, 0.717) is 22.6 Å². The Bertz CT molecular complexity index is 783. The van der Waals surface area contributed by atoms with Crippen LogP contribution in [0.5, 0.6) is 11.5 Å². The van der Waals surface area contributed by atoms with E-state index in [0.717, 1.165) is 0 Å². The molecule has 2 aromatic rings. The predicted molar refractivity (Wildman–Crippen MR) is 83.0 cm³/mol. The zero-order valence-electron chi connectivity index (χ0n) is 12.4. The number of esters is 2. The summed E-state index contributed by atoms with van der Waals surface area (Å²) in [5.74, 6) is -0.426. The SMILES string of the molecule is C=C(C)C(=O)Oc1ccc(C(=O)Oc2ccc(C#N)cc2)cc1. The Labute approximate surface area is 133 Å². The molecule has 0 N–H and O–H groups in total. The summed E-state index contributed by atoms with van der Waals surface area (Å²) >= 11 is 0. The molecule has 0 radical (unpaired) electrons. The Kier molecular flexibility index (Phi) is 4.90. The first kappa shape index (κ1) is 16.0. The summed E-state index contributed by atoms with van der Waals surface area (Å²) in [5.41, 5.74) is 1.08. The average Bonchev–Trinajstić information content (AvgIpc) is 2.56. The van der Waals surface area contributed by atoms with Gasteiger partial charge in [0.25, 0.3) is 0 Å². The van der Waals surface area contributed by atoms with Crippen LogP contribution in [0.15, 0.2) is 60.7 Å². The number of ether oxygens (including phenoxy) is 2. The topological polar surface area (TPSA) is 76.4 Å². The monoisotopic (exact) mass is 307 g/mol. The first-order valence-electron chi connectivity index (χ1n) is 6.69. The zero-order chi connectivity index (χ0) is 16.8. The maximum absolute atomic E-state index is 12.0. The molecule has 5 nitrogen and oxygen atoms in total. The summed E-state index contributed by atoms with van der Waals surface area (Å²) in [4.78, 5) is 23.4. The molecule has 0 saturated carbocycles. The lowest BCUT2D eigenvalue weighted by molar-refractivity contribution is -0.130. The van der Waals surface area contributed by atoms with Gasteiger partial charge in [0.1, 0.15) is 11.5 Å². The van der Waals surface area contributed by atoms with Crippen molar-refractivity contribution >= 4 is 11.9 Å². The maximum atomic E-state index is 12.0. The second-order valence-electron chi connectivity index (χ2n) is 4.72. The molecule has 5 heteroatoms. The number of hydrogen-bond donors (Lipinski definition) is 0. The van der Waals surface area contributed by atoms with Crippen LogP contribution in [0.25, 0.3) is 0 Å². The van der Waals surface area contributed by atoms with Gasteiger partial charge in [0.05, 0.1) is 17.2 Å². The molecule has 0 spiro atoms. The molecule has 2 rings (SSSR count). The van der Waals surface area contributed by atoms with Gasteiger partial charge in [-0.15, -0.1) is 0 Å². The van der Waals surface area contributed by atoms with E-state index in [-0.39, 0.29) is 5.57 Å². The van der Waals surface area contributed by atoms with Gasteiger partial charge in [0.2, 0.25) is 0 Å². The Morgan fingerprint density at radius 3 is 2.00 bits per heavy atom. The van der Waals surface area contributed by atoms with Crippen LogP contribution in [0, 0.1) is 11.3 Å². The molecule has 0 aliphatic rings. The third-order valence-electron chi connectivity index (χ3n) is 2.84. The van der Waals surface area contributed by atoms with E-state index in [1.54, 1.807) is 31.2 Å². The third-order valence-corrected chi connectivity index (χ3v) is 2.84. The Morgan fingerprint density at radius 1 is 0.957 bits per heavy atom. The van der Waals surface area contributed by atoms with Gasteiger partial charge in [-0.25, -0.2) is 9.59 Å². The second kappa shape index (κ2) is 7.05. The van der Waals surface area contributed by atoms with Gasteiger partial charge < -0.3 is 9.47 Å². The first-order chi connectivity index (χ1) is 11.0. The van der Waals surface area contributed by atoms with Gasteiger partial charge in [-0.1, -0.05) is 6.58 Å². The lowest BCUT2D eigenvalue weighted by atomic mass is 10.2. The number of carbonyl (C=O) groups is 2. The molecule has 0 bridgehead atoms. The van der Waals surface area contributed by atoms with Crippen molar-refractivity contribution in [2.75, 3.05) is 0 Å². The highest BCUT2D eigenvalue weighted by Gasteiger charge is 2.10. The largest absolute Gasteiger partial charge is 0.423 e. The summed E-state index contributed by atoms with van der Waals surface area (Å²) < 4.78 is 10.2. The zero-order valence-corrected chi connectivity index (χ0v) is 12.4. The minimum absolute atomic E-state index is 0.286. The van der Waals surface area contributed by atoms with Crippen molar-refractivity contribution in [3.63, 3.8) is 0 Å². The molecule has 0 aliphatic heterocycles. The van der Waals surface area contributed by atoms with E-state index in [2.05, 4.69) is 6.58 Å². The average molecular weight is 307 g/mol. The summed E-state index contributed by atoms with van der Waals surface area (Å²) in [6.07, 6.45) is 0. The minimum atomic E-state index is -0.549. The summed E-state index contributed by atoms with van der Waals surface area (Å²) in [6.45, 7) is 5.03. The van der Waals surface area contributed by atoms with Gasteiger partial charge in [-0.3, -0.25) is 0 Å². The fourth-order valence-electron chi connectivity index (χ4n) is 1.62. The summed E-state index contributed by atoms with van der Waals surface area (Å²) in [6, 6.07) is 14.2. The van der Waals surface area contributed by atoms with Crippen molar-refractivity contribution in [2.45, 2.75) is 6.92 Å². The third kappa shape index (κ3) is 4.29. The Hall–Kier alpha value is -3.39. The van der Waals surface area contributed by atoms with Gasteiger partial charge in [-0.05, 0) is 55.5 Å². The molecule has 2 aromatic carbocycles. The van der Waals surface area contributed by atoms with E-state index in [9.17, 15) is 9.59 Å². The summed E-state index contributed by atoms with van der Waals surface area (Å²) in [7, 11) is 0. The van der Waals surface area contributed by atoms with Crippen LogP contribution in [0.1, 0.15) is 22.8 Å². The number of nitrogens with zero attached hydrogens (tertiary/aromatic N) is 1. The number of carbonyl (C=O) groups excluding carboxylic acids is 2. The van der Waals surface area contributed by atoms with Crippen molar-refractivity contribution < 1.29 is 19.1 Å². The van der Waals surface area contributed by atoms with Gasteiger partial charge in [0, 0.05) is 5.57 Å². The summed E-state index contributed by atoms with van der Waals surface area (Å²) in [5, 5.41) is 8.71. The maximum Gasteiger partial charge on any atom is 0.343 e. The number of rotatable bonds is 4. The van der Waals surface area contributed by atoms with E-state index < -0.39 is 11.9 Å². The van der Waals surface area contributed by atoms with Crippen molar-refractivity contribution in [3.8, 4) is 17.6 Å². The molecule has 0 heterocycles. The van der Waals surface area contributed by atoms with E-state index in [4.69, 9.17) is 14.7 Å². The molecule has 114 valence electrons. The Balaban J connectivity index is 2.03. The highest BCUT2D eigenvalue weighted by molar-refractivity contribution is 5.92. The smallest absolute Gasteiger partial charge is 0.343 e. The highest BCUT2D eigenvalue weighted by Crippen LogP contribution is 2.17. The molecule has 0 amide bonds. The van der Waals surface area contributed by atoms with Crippen LogP contribution in [0.4, 0.5) is 0 Å². The molecule has 23 heavy (non-hydrogen) atoms. The molecule has 0 aromatic heterocycles. The molecular formula is C18H13NO4. The van der Waals surface area contributed by atoms with Crippen LogP contribution in [0.3, 0.4) is 0 Å². The van der Waals surface area contributed by atoms with Crippen LogP contribution in [-0.2, 0) is 4.79 Å². The lowest BCUT2D eigenvalue weighted by Crippen LogP contribution is -2.10. The van der Waals surface area contributed by atoms with Crippen molar-refractivity contribution in [1.29, 1.82) is 5.26 Å². The molecule has 0 fully saturated rings. The highest BCUT2D eigenvalue weighted by atomic mass is 16.5. The van der Waals surface area contributed by atoms with E-state index >= 15 is 0 Å². The number of nitriles is 1. The van der Waals surface area contributed by atoms with E-state index in [1.165, 1.54) is 24.3 Å². The standard InChI is InChI=1S/C18H13NO4/c1-12(2)17(20)22-16-9-5-14(6-10-16)18(21)23-15-7-3-13(11-19)4-8-15/h3-10H,1H2,2H3. The van der Waals surface area contributed by atoms with Crippen molar-refractivity contribution in [3.05, 3.63) is 71.8 Å². The molecule has 0 atom stereocenters. The van der Waals surface area contributed by atoms with Crippen LogP contribution < -0.4 is 9.47 Å². The normalized spacial score (nSPS) is 9.57. The van der Waals surface area contributed by atoms with Crippen LogP contribution in [-0.4, -0.2) is 11.9 Å². The van der Waals surface area contributed by atoms with Crippen LogP contribution >= 0.6 is 0 Å². The van der Waals surface area contributed by atoms with Crippen molar-refractivity contribution in [1.82, 2.24) is 0 Å². The first-order valence-corrected chi connectivity index (χ1v) is 6.69. The van der Waals surface area contributed by atoms with Gasteiger partial charge in [-0.2, -0.15) is 5.26 Å². The minimum Gasteiger partial charge on any atom is -0.423 e. The van der Waals surface area contributed by atoms with Gasteiger partial charge in [0.15, 0.2) is 0 Å². The predicted octanol–water partition coefficient (Wildman–Crippen LogP) is 3.26. The lowest BCUT2D eigenvalue weighted by Gasteiger charge is -2.06. The molecular weight excluding hydrogens is 294 g/mol. The van der Waals surface area contributed by atoms with Crippen molar-refractivity contribution in [2.24, 2.45) is 0 Å². The number of benzene rings is 2. The fourth-order valence-corrected chi connectivity index (χ4v) is 1.62. The molecule has 0 aliphatic carbocycles. The van der Waals surface area contributed by atoms with Crippen LogP contribution in [0.2, 0.25) is 0 Å². The molecule has 0 unspecified atom stereocenters. The molecule has 0 saturated heterocycles. The number of hydrogen-bond acceptors (Lipinski definition) is 5. The second-order valence-corrected chi connectivity index (χ2v) is 4.72. The van der Waals surface area contributed by atoms with Gasteiger partial charge >= 0.3 is 11.9 Å². The Morgan fingerprint density at radius 2 is 1.48 bits per heavy atom. The fraction of sp³-hybridized carbons (Fsp3) is 0.0556. The van der Waals surface area contributed by atoms with E-state index in [1.807, 2.05) is 6.07 Å². The quantitative estimate of drug-likeness (QED) is 0.492.